The lowest BCUT2D eigenvalue weighted by Gasteiger charge is -2.30. The smallest absolute Gasteiger partial charge is 0.191 e. The number of ether oxygens (including phenoxy) is 1. The van der Waals surface area contributed by atoms with Crippen LogP contribution in [0.3, 0.4) is 0 Å². The molecule has 0 bridgehead atoms. The van der Waals surface area contributed by atoms with Crippen LogP contribution in [0, 0.1) is 12.3 Å². The lowest BCUT2D eigenvalue weighted by molar-refractivity contribution is 0.105. The lowest BCUT2D eigenvalue weighted by Crippen LogP contribution is -2.43. The molecular weight excluding hydrogens is 374 g/mol. The minimum absolute atomic E-state index is 0.292. The van der Waals surface area contributed by atoms with Crippen LogP contribution in [0.2, 0.25) is 0 Å². The van der Waals surface area contributed by atoms with Gasteiger partial charge in [-0.25, -0.2) is 8.42 Å². The van der Waals surface area contributed by atoms with Crippen molar-refractivity contribution in [3.8, 4) is 0 Å². The maximum atomic E-state index is 11.8. The van der Waals surface area contributed by atoms with Gasteiger partial charge in [0.2, 0.25) is 0 Å². The average Bonchev–Trinajstić information content (AvgIpc) is 3.10. The Hall–Kier alpha value is -1.60. The summed E-state index contributed by atoms with van der Waals surface area (Å²) in [5.74, 6) is 0.771. The van der Waals surface area contributed by atoms with Crippen LogP contribution in [0.1, 0.15) is 50.2 Å². The number of nitrogens with one attached hydrogen (secondary N) is 2. The first kappa shape index (κ1) is 22.7. The van der Waals surface area contributed by atoms with E-state index < -0.39 is 9.84 Å². The van der Waals surface area contributed by atoms with E-state index in [-0.39, 0.29) is 0 Å². The highest BCUT2D eigenvalue weighted by Crippen LogP contribution is 2.40. The first-order valence-electron chi connectivity index (χ1n) is 10.1. The number of benzene rings is 1. The van der Waals surface area contributed by atoms with Gasteiger partial charge < -0.3 is 15.4 Å². The van der Waals surface area contributed by atoms with Crippen molar-refractivity contribution < 1.29 is 13.2 Å². The number of aryl methyl sites for hydroxylation is 1. The number of rotatable bonds is 9. The Morgan fingerprint density at radius 2 is 1.96 bits per heavy atom. The summed E-state index contributed by atoms with van der Waals surface area (Å²) in [5, 5.41) is 6.82. The third kappa shape index (κ3) is 6.48. The van der Waals surface area contributed by atoms with Crippen molar-refractivity contribution >= 4 is 15.8 Å². The molecule has 6 nitrogen and oxygen atoms in total. The fourth-order valence-electron chi connectivity index (χ4n) is 3.99. The minimum atomic E-state index is -3.19. The topological polar surface area (TPSA) is 79.8 Å². The van der Waals surface area contributed by atoms with Gasteiger partial charge in [0, 0.05) is 39.6 Å². The van der Waals surface area contributed by atoms with Gasteiger partial charge in [-0.3, -0.25) is 4.99 Å². The van der Waals surface area contributed by atoms with Gasteiger partial charge in [0.1, 0.15) is 0 Å². The van der Waals surface area contributed by atoms with Crippen LogP contribution >= 0.6 is 0 Å². The highest BCUT2D eigenvalue weighted by atomic mass is 32.2. The molecule has 0 amide bonds. The molecule has 158 valence electrons. The Bertz CT molecular complexity index is 769. The SMILES string of the molecule is CCOCCC1(CNC(=NC)NCc2ccc(S(C)(=O)=O)c(C)c2)CCCC1. The van der Waals surface area contributed by atoms with Crippen molar-refractivity contribution in [3.63, 3.8) is 0 Å². The molecule has 0 atom stereocenters. The zero-order valence-corrected chi connectivity index (χ0v) is 18.5. The Balaban J connectivity index is 1.91. The van der Waals surface area contributed by atoms with Crippen molar-refractivity contribution in [1.82, 2.24) is 10.6 Å². The van der Waals surface area contributed by atoms with E-state index in [0.717, 1.165) is 43.3 Å². The van der Waals surface area contributed by atoms with Gasteiger partial charge in [0.15, 0.2) is 15.8 Å². The Labute approximate surface area is 170 Å². The molecule has 0 aromatic heterocycles. The molecule has 1 saturated carbocycles. The molecule has 0 spiro atoms. The fraction of sp³-hybridized carbons (Fsp3) is 0.667. The summed E-state index contributed by atoms with van der Waals surface area (Å²) >= 11 is 0. The third-order valence-corrected chi connectivity index (χ3v) is 6.86. The first-order chi connectivity index (χ1) is 13.3. The second kappa shape index (κ2) is 10.3. The van der Waals surface area contributed by atoms with Crippen molar-refractivity contribution in [2.75, 3.05) is 33.1 Å². The van der Waals surface area contributed by atoms with E-state index in [9.17, 15) is 8.42 Å². The number of sulfone groups is 1. The summed E-state index contributed by atoms with van der Waals surface area (Å²) in [6.45, 7) is 6.94. The molecule has 28 heavy (non-hydrogen) atoms. The van der Waals surface area contributed by atoms with Crippen LogP contribution in [0.25, 0.3) is 0 Å². The largest absolute Gasteiger partial charge is 0.382 e. The van der Waals surface area contributed by atoms with E-state index in [1.165, 1.54) is 31.9 Å². The van der Waals surface area contributed by atoms with Crippen LogP contribution in [0.5, 0.6) is 0 Å². The number of aliphatic imine (C=N–C) groups is 1. The lowest BCUT2D eigenvalue weighted by atomic mass is 9.83. The molecule has 2 rings (SSSR count). The maximum Gasteiger partial charge on any atom is 0.191 e. The number of hydrogen-bond acceptors (Lipinski definition) is 4. The van der Waals surface area contributed by atoms with Crippen molar-refractivity contribution in [2.45, 2.75) is 57.4 Å². The highest BCUT2D eigenvalue weighted by molar-refractivity contribution is 7.90. The predicted octanol–water partition coefficient (Wildman–Crippen LogP) is 3.05. The maximum absolute atomic E-state index is 11.8. The van der Waals surface area contributed by atoms with Gasteiger partial charge in [-0.2, -0.15) is 0 Å². The predicted molar refractivity (Wildman–Crippen MR) is 115 cm³/mol. The summed E-state index contributed by atoms with van der Waals surface area (Å²) in [5.41, 5.74) is 2.09. The molecule has 7 heteroatoms. The van der Waals surface area contributed by atoms with Crippen LogP contribution < -0.4 is 10.6 Å². The second-order valence-corrected chi connectivity index (χ2v) is 9.79. The zero-order chi connectivity index (χ0) is 20.6. The van der Waals surface area contributed by atoms with Crippen LogP contribution in [-0.4, -0.2) is 47.4 Å². The third-order valence-electron chi connectivity index (χ3n) is 5.60. The van der Waals surface area contributed by atoms with Crippen molar-refractivity contribution in [2.24, 2.45) is 10.4 Å². The molecule has 1 aromatic carbocycles. The van der Waals surface area contributed by atoms with Crippen molar-refractivity contribution in [1.29, 1.82) is 0 Å². The monoisotopic (exact) mass is 409 g/mol. The summed E-state index contributed by atoms with van der Waals surface area (Å²) in [7, 11) is -1.41. The van der Waals surface area contributed by atoms with Gasteiger partial charge in [0.25, 0.3) is 0 Å². The van der Waals surface area contributed by atoms with Gasteiger partial charge in [-0.05, 0) is 55.7 Å². The van der Waals surface area contributed by atoms with E-state index in [2.05, 4.69) is 15.6 Å². The summed E-state index contributed by atoms with van der Waals surface area (Å²) in [6.07, 6.45) is 7.35. The average molecular weight is 410 g/mol. The molecule has 1 aliphatic carbocycles. The van der Waals surface area contributed by atoms with E-state index in [4.69, 9.17) is 4.74 Å². The minimum Gasteiger partial charge on any atom is -0.382 e. The number of hydrogen-bond donors (Lipinski definition) is 2. The van der Waals surface area contributed by atoms with Gasteiger partial charge in [-0.1, -0.05) is 25.0 Å². The Morgan fingerprint density at radius 1 is 1.25 bits per heavy atom. The first-order valence-corrected chi connectivity index (χ1v) is 12.0. The molecule has 1 aromatic rings. The molecule has 1 aliphatic rings. The fourth-order valence-corrected chi connectivity index (χ4v) is 4.95. The molecule has 1 fully saturated rings. The summed E-state index contributed by atoms with van der Waals surface area (Å²) in [6, 6.07) is 5.44. The quantitative estimate of drug-likeness (QED) is 0.372. The van der Waals surface area contributed by atoms with E-state index >= 15 is 0 Å². The van der Waals surface area contributed by atoms with Crippen LogP contribution in [0.4, 0.5) is 0 Å². The zero-order valence-electron chi connectivity index (χ0n) is 17.7. The highest BCUT2D eigenvalue weighted by Gasteiger charge is 2.33. The molecule has 2 N–H and O–H groups in total. The number of nitrogens with zero attached hydrogens (tertiary/aromatic N) is 1. The molecule has 0 radical (unpaired) electrons. The number of guanidine groups is 1. The van der Waals surface area contributed by atoms with Crippen molar-refractivity contribution in [3.05, 3.63) is 29.3 Å². The molecule has 0 heterocycles. The van der Waals surface area contributed by atoms with Gasteiger partial charge >= 0.3 is 0 Å². The van der Waals surface area contributed by atoms with Gasteiger partial charge in [0.05, 0.1) is 4.90 Å². The van der Waals surface area contributed by atoms with Crippen LogP contribution in [0.15, 0.2) is 28.1 Å². The van der Waals surface area contributed by atoms with E-state index in [1.54, 1.807) is 13.1 Å². The second-order valence-electron chi connectivity index (χ2n) is 7.81. The summed E-state index contributed by atoms with van der Waals surface area (Å²) in [4.78, 5) is 4.72. The molecular formula is C21H35N3O3S. The standard InChI is InChI=1S/C21H35N3O3S/c1-5-27-13-12-21(10-6-7-11-21)16-24-20(22-3)23-15-18-8-9-19(17(2)14-18)28(4,25)26/h8-9,14H,5-7,10-13,15-16H2,1-4H3,(H2,22,23,24). The van der Waals surface area contributed by atoms with Gasteiger partial charge in [-0.15, -0.1) is 0 Å². The molecule has 0 saturated heterocycles. The Kier molecular flexibility index (Phi) is 8.31. The molecule has 0 aliphatic heterocycles. The van der Waals surface area contributed by atoms with Crippen LogP contribution in [-0.2, 0) is 21.1 Å². The van der Waals surface area contributed by atoms with E-state index in [0.29, 0.717) is 16.9 Å². The normalized spacial score (nSPS) is 16.9. The molecule has 0 unspecified atom stereocenters. The summed E-state index contributed by atoms with van der Waals surface area (Å²) < 4.78 is 29.1. The Morgan fingerprint density at radius 3 is 2.54 bits per heavy atom. The van der Waals surface area contributed by atoms with E-state index in [1.807, 2.05) is 26.0 Å².